The molecule has 49 heavy (non-hydrogen) atoms. The van der Waals surface area contributed by atoms with Crippen LogP contribution >= 0.6 is 0 Å². The molecule has 4 rings (SSSR count). The van der Waals surface area contributed by atoms with Crippen LogP contribution in [0.3, 0.4) is 0 Å². The van der Waals surface area contributed by atoms with Gasteiger partial charge in [0, 0.05) is 59.5 Å². The van der Waals surface area contributed by atoms with Gasteiger partial charge in [0.05, 0.1) is 17.1 Å². The van der Waals surface area contributed by atoms with Gasteiger partial charge in [-0.3, -0.25) is 19.2 Å². The van der Waals surface area contributed by atoms with E-state index >= 15 is 0 Å². The standard InChI is InChI=1S/C36H51N9O4/c1-42-19-15-16-29(42)34(47)39-27-21-31(44(3)24-27)36(49)41-28-22-32(45(4)25-28)35(48)40-26-20-30(43(2)23-26)33(46)38-18-14-12-10-8-6-5-7-9-11-13-17-37/h15-16,19-25H,5-14,17-18,37H2,1-4H3,(H,38,46)(H,39,47)(H,40,48)(H,41,49). The Bertz CT molecular complexity index is 1720. The molecule has 4 heterocycles. The second-order valence-corrected chi connectivity index (χ2v) is 12.6. The number of carbonyl (C=O) groups excluding carboxylic acids is 4. The summed E-state index contributed by atoms with van der Waals surface area (Å²) < 4.78 is 6.62. The molecule has 0 aromatic carbocycles. The summed E-state index contributed by atoms with van der Waals surface area (Å²) in [6.07, 6.45) is 18.6. The molecule has 0 bridgehead atoms. The summed E-state index contributed by atoms with van der Waals surface area (Å²) in [5, 5.41) is 11.5. The average molecular weight is 674 g/mol. The number of nitrogens with two attached hydrogens (primary N) is 1. The van der Waals surface area contributed by atoms with Crippen LogP contribution < -0.4 is 27.0 Å². The third-order valence-electron chi connectivity index (χ3n) is 8.58. The zero-order chi connectivity index (χ0) is 35.3. The van der Waals surface area contributed by atoms with Crippen LogP contribution in [0.4, 0.5) is 17.1 Å². The molecular formula is C36H51N9O4. The van der Waals surface area contributed by atoms with Crippen molar-refractivity contribution >= 4 is 40.7 Å². The van der Waals surface area contributed by atoms with Gasteiger partial charge >= 0.3 is 0 Å². The minimum Gasteiger partial charge on any atom is -0.351 e. The Morgan fingerprint density at radius 1 is 0.531 bits per heavy atom. The third kappa shape index (κ3) is 10.5. The van der Waals surface area contributed by atoms with Crippen molar-refractivity contribution in [2.45, 2.75) is 64.2 Å². The van der Waals surface area contributed by atoms with E-state index in [1.807, 2.05) is 0 Å². The van der Waals surface area contributed by atoms with Crippen molar-refractivity contribution in [3.05, 3.63) is 77.9 Å². The van der Waals surface area contributed by atoms with Crippen LogP contribution in [0.1, 0.15) is 106 Å². The topological polar surface area (TPSA) is 162 Å². The Balaban J connectivity index is 1.22. The molecule has 0 spiro atoms. The lowest BCUT2D eigenvalue weighted by Gasteiger charge is -2.06. The minimum absolute atomic E-state index is 0.187. The van der Waals surface area contributed by atoms with E-state index in [9.17, 15) is 19.2 Å². The predicted octanol–water partition coefficient (Wildman–Crippen LogP) is 5.39. The first kappa shape index (κ1) is 36.8. The molecule has 4 amide bonds. The van der Waals surface area contributed by atoms with E-state index in [0.717, 1.165) is 25.8 Å². The molecular weight excluding hydrogens is 622 g/mol. The van der Waals surface area contributed by atoms with E-state index in [0.29, 0.717) is 46.4 Å². The van der Waals surface area contributed by atoms with Crippen molar-refractivity contribution in [2.75, 3.05) is 29.0 Å². The highest BCUT2D eigenvalue weighted by atomic mass is 16.2. The highest BCUT2D eigenvalue weighted by Gasteiger charge is 2.19. The van der Waals surface area contributed by atoms with Crippen LogP contribution in [-0.4, -0.2) is 55.0 Å². The SMILES string of the molecule is Cn1cc(NC(=O)c2cc(NC(=O)c3cc(NC(=O)c4cccn4C)cn3C)cn2C)cc1C(=O)NCCCCCCCCCCCCN. The zero-order valence-electron chi connectivity index (χ0n) is 29.2. The van der Waals surface area contributed by atoms with E-state index < -0.39 is 5.91 Å². The van der Waals surface area contributed by atoms with Gasteiger partial charge in [0.15, 0.2) is 0 Å². The number of carbonyl (C=O) groups is 4. The molecule has 4 aromatic rings. The van der Waals surface area contributed by atoms with Gasteiger partial charge in [-0.15, -0.1) is 0 Å². The zero-order valence-corrected chi connectivity index (χ0v) is 29.2. The van der Waals surface area contributed by atoms with Crippen molar-refractivity contribution in [1.29, 1.82) is 0 Å². The fourth-order valence-electron chi connectivity index (χ4n) is 5.83. The number of anilines is 3. The van der Waals surface area contributed by atoms with Gasteiger partial charge in [0.1, 0.15) is 22.8 Å². The number of amides is 4. The molecule has 13 nitrogen and oxygen atoms in total. The molecule has 264 valence electrons. The quantitative estimate of drug-likeness (QED) is 0.0843. The normalized spacial score (nSPS) is 11.0. The summed E-state index contributed by atoms with van der Waals surface area (Å²) in [6.45, 7) is 1.39. The van der Waals surface area contributed by atoms with Crippen LogP contribution in [0, 0.1) is 0 Å². The second kappa shape index (κ2) is 17.9. The average Bonchev–Trinajstić information content (AvgIpc) is 3.84. The molecule has 0 atom stereocenters. The molecule has 0 unspecified atom stereocenters. The van der Waals surface area contributed by atoms with Gasteiger partial charge in [-0.25, -0.2) is 0 Å². The van der Waals surface area contributed by atoms with Crippen molar-refractivity contribution in [1.82, 2.24) is 23.6 Å². The van der Waals surface area contributed by atoms with Crippen molar-refractivity contribution in [3.8, 4) is 0 Å². The summed E-state index contributed by atoms with van der Waals surface area (Å²) in [6, 6.07) is 8.30. The van der Waals surface area contributed by atoms with Crippen LogP contribution in [-0.2, 0) is 28.2 Å². The second-order valence-electron chi connectivity index (χ2n) is 12.6. The number of unbranched alkanes of at least 4 members (excludes halogenated alkanes) is 9. The molecule has 0 aliphatic heterocycles. The number of nitrogens with zero attached hydrogens (tertiary/aromatic N) is 4. The Hall–Kier alpha value is -5.04. The summed E-state index contributed by atoms with van der Waals surface area (Å²) in [4.78, 5) is 51.7. The van der Waals surface area contributed by atoms with E-state index in [-0.39, 0.29) is 17.7 Å². The van der Waals surface area contributed by atoms with Gasteiger partial charge in [-0.2, -0.15) is 0 Å². The predicted molar refractivity (Wildman–Crippen MR) is 193 cm³/mol. The summed E-state index contributed by atoms with van der Waals surface area (Å²) >= 11 is 0. The van der Waals surface area contributed by atoms with Crippen LogP contribution in [0.25, 0.3) is 0 Å². The van der Waals surface area contributed by atoms with Gasteiger partial charge in [0.2, 0.25) is 0 Å². The Labute approximate surface area is 288 Å². The van der Waals surface area contributed by atoms with Crippen LogP contribution in [0.15, 0.2) is 55.1 Å². The largest absolute Gasteiger partial charge is 0.351 e. The Kier molecular flexibility index (Phi) is 13.5. The fourth-order valence-corrected chi connectivity index (χ4v) is 5.83. The van der Waals surface area contributed by atoms with E-state index in [2.05, 4.69) is 21.3 Å². The van der Waals surface area contributed by atoms with Crippen molar-refractivity contribution in [2.24, 2.45) is 33.9 Å². The molecule has 6 N–H and O–H groups in total. The smallest absolute Gasteiger partial charge is 0.272 e. The van der Waals surface area contributed by atoms with Gasteiger partial charge in [-0.1, -0.05) is 51.4 Å². The maximum atomic E-state index is 13.2. The molecule has 0 aliphatic carbocycles. The summed E-state index contributed by atoms with van der Waals surface area (Å²) in [5.41, 5.74) is 8.52. The number of aromatic nitrogens is 4. The highest BCUT2D eigenvalue weighted by Crippen LogP contribution is 2.20. The molecule has 0 saturated carbocycles. The number of nitrogens with one attached hydrogen (secondary N) is 4. The number of rotatable bonds is 19. The number of hydrogen-bond donors (Lipinski definition) is 5. The third-order valence-corrected chi connectivity index (χ3v) is 8.58. The lowest BCUT2D eigenvalue weighted by atomic mass is 10.1. The lowest BCUT2D eigenvalue weighted by molar-refractivity contribution is 0.0942. The minimum atomic E-state index is -0.400. The maximum Gasteiger partial charge on any atom is 0.272 e. The fraction of sp³-hybridized carbons (Fsp3) is 0.444. The highest BCUT2D eigenvalue weighted by molar-refractivity contribution is 6.08. The number of aryl methyl sites for hydroxylation is 4. The van der Waals surface area contributed by atoms with E-state index in [4.69, 9.17) is 5.73 Å². The maximum absolute atomic E-state index is 13.2. The first-order chi connectivity index (χ1) is 23.6. The summed E-state index contributed by atoms with van der Waals surface area (Å²) in [5.74, 6) is -1.26. The Morgan fingerprint density at radius 3 is 1.33 bits per heavy atom. The first-order valence-corrected chi connectivity index (χ1v) is 17.1. The van der Waals surface area contributed by atoms with Crippen molar-refractivity contribution in [3.63, 3.8) is 0 Å². The van der Waals surface area contributed by atoms with Gasteiger partial charge in [-0.05, 0) is 49.7 Å². The lowest BCUT2D eigenvalue weighted by Crippen LogP contribution is -2.26. The van der Waals surface area contributed by atoms with E-state index in [1.54, 1.807) is 102 Å². The molecule has 0 radical (unpaired) electrons. The molecule has 0 saturated heterocycles. The van der Waals surface area contributed by atoms with Crippen molar-refractivity contribution < 1.29 is 19.2 Å². The van der Waals surface area contributed by atoms with Gasteiger partial charge in [0.25, 0.3) is 23.6 Å². The Morgan fingerprint density at radius 2 is 0.918 bits per heavy atom. The molecule has 0 fully saturated rings. The van der Waals surface area contributed by atoms with Gasteiger partial charge < -0.3 is 45.3 Å². The summed E-state index contributed by atoms with van der Waals surface area (Å²) in [7, 11) is 6.96. The van der Waals surface area contributed by atoms with Crippen LogP contribution in [0.5, 0.6) is 0 Å². The molecule has 0 aliphatic rings. The molecule has 4 aromatic heterocycles. The van der Waals surface area contributed by atoms with Crippen LogP contribution in [0.2, 0.25) is 0 Å². The number of hydrogen-bond acceptors (Lipinski definition) is 5. The first-order valence-electron chi connectivity index (χ1n) is 17.1. The molecule has 13 heteroatoms. The monoisotopic (exact) mass is 673 g/mol. The van der Waals surface area contributed by atoms with E-state index in [1.165, 1.54) is 44.9 Å².